The molecule has 0 N–H and O–H groups in total. The molecule has 0 fully saturated rings. The largest absolute Gasteiger partial charge is 0.493 e. The molecule has 2 aromatic rings. The smallest absolute Gasteiger partial charge is 0.203 e. The monoisotopic (exact) mass is 309 g/mol. The van der Waals surface area contributed by atoms with E-state index in [0.717, 1.165) is 11.1 Å². The van der Waals surface area contributed by atoms with Gasteiger partial charge in [-0.15, -0.1) is 0 Å². The SMILES string of the molecule is COc1cc(C#N)ccc1O[C@H](C)C(=O)c1cc(C)ccc1C. The second-order valence-corrected chi connectivity index (χ2v) is 5.42. The summed E-state index contributed by atoms with van der Waals surface area (Å²) >= 11 is 0. The summed E-state index contributed by atoms with van der Waals surface area (Å²) in [4.78, 5) is 12.6. The van der Waals surface area contributed by atoms with Crippen molar-refractivity contribution in [3.63, 3.8) is 0 Å². The lowest BCUT2D eigenvalue weighted by Gasteiger charge is -2.17. The Morgan fingerprint density at radius 1 is 1.13 bits per heavy atom. The Hall–Kier alpha value is -2.80. The Labute approximate surface area is 136 Å². The molecule has 0 amide bonds. The first kappa shape index (κ1) is 16.6. The van der Waals surface area contributed by atoms with Gasteiger partial charge in [0, 0.05) is 11.6 Å². The van der Waals surface area contributed by atoms with Crippen LogP contribution in [0.25, 0.3) is 0 Å². The zero-order chi connectivity index (χ0) is 17.0. The molecule has 0 aliphatic carbocycles. The number of ketones is 1. The number of benzene rings is 2. The van der Waals surface area contributed by atoms with E-state index < -0.39 is 6.10 Å². The lowest BCUT2D eigenvalue weighted by Crippen LogP contribution is -2.25. The zero-order valence-corrected chi connectivity index (χ0v) is 13.7. The molecular formula is C19H19NO3. The molecule has 0 aromatic heterocycles. The maximum Gasteiger partial charge on any atom is 0.203 e. The molecule has 0 spiro atoms. The van der Waals surface area contributed by atoms with Crippen molar-refractivity contribution < 1.29 is 14.3 Å². The van der Waals surface area contributed by atoms with E-state index in [0.29, 0.717) is 22.6 Å². The average Bonchev–Trinajstić information content (AvgIpc) is 2.56. The highest BCUT2D eigenvalue weighted by atomic mass is 16.5. The third kappa shape index (κ3) is 3.70. The second kappa shape index (κ2) is 6.97. The predicted molar refractivity (Wildman–Crippen MR) is 88.0 cm³/mol. The molecule has 0 bridgehead atoms. The van der Waals surface area contributed by atoms with Crippen molar-refractivity contribution in [2.24, 2.45) is 0 Å². The van der Waals surface area contributed by atoms with Gasteiger partial charge in [0.1, 0.15) is 0 Å². The molecule has 0 heterocycles. The molecule has 118 valence electrons. The lowest BCUT2D eigenvalue weighted by molar-refractivity contribution is 0.0813. The third-order valence-electron chi connectivity index (χ3n) is 3.62. The number of carbonyl (C=O) groups is 1. The number of hydrogen-bond donors (Lipinski definition) is 0. The van der Waals surface area contributed by atoms with Gasteiger partial charge in [0.25, 0.3) is 0 Å². The van der Waals surface area contributed by atoms with Gasteiger partial charge in [-0.1, -0.05) is 17.7 Å². The number of Topliss-reactive ketones (excluding diaryl/α,β-unsaturated/α-hetero) is 1. The molecule has 1 atom stereocenters. The normalized spacial score (nSPS) is 11.4. The Balaban J connectivity index is 2.25. The number of methoxy groups -OCH3 is 1. The Kier molecular flexibility index (Phi) is 5.02. The average molecular weight is 309 g/mol. The second-order valence-electron chi connectivity index (χ2n) is 5.42. The lowest BCUT2D eigenvalue weighted by atomic mass is 9.99. The van der Waals surface area contributed by atoms with E-state index in [4.69, 9.17) is 14.7 Å². The van der Waals surface area contributed by atoms with E-state index in [1.54, 1.807) is 25.1 Å². The van der Waals surface area contributed by atoms with Crippen molar-refractivity contribution in [3.05, 3.63) is 58.7 Å². The minimum absolute atomic E-state index is 0.0855. The maximum absolute atomic E-state index is 12.6. The summed E-state index contributed by atoms with van der Waals surface area (Å²) in [6.45, 7) is 5.56. The summed E-state index contributed by atoms with van der Waals surface area (Å²) in [6.07, 6.45) is -0.655. The fourth-order valence-corrected chi connectivity index (χ4v) is 2.30. The molecule has 4 heteroatoms. The number of carbonyl (C=O) groups excluding carboxylic acids is 1. The minimum Gasteiger partial charge on any atom is -0.493 e. The van der Waals surface area contributed by atoms with E-state index in [-0.39, 0.29) is 5.78 Å². The van der Waals surface area contributed by atoms with Gasteiger partial charge in [-0.2, -0.15) is 5.26 Å². The topological polar surface area (TPSA) is 59.3 Å². The predicted octanol–water partition coefficient (Wildman–Crippen LogP) is 3.83. The number of ether oxygens (including phenoxy) is 2. The summed E-state index contributed by atoms with van der Waals surface area (Å²) in [5.74, 6) is 0.792. The van der Waals surface area contributed by atoms with Crippen molar-refractivity contribution in [2.75, 3.05) is 7.11 Å². The van der Waals surface area contributed by atoms with Gasteiger partial charge in [0.05, 0.1) is 18.7 Å². The maximum atomic E-state index is 12.6. The summed E-state index contributed by atoms with van der Waals surface area (Å²) in [5.41, 5.74) is 3.08. The fraction of sp³-hybridized carbons (Fsp3) is 0.263. The van der Waals surface area contributed by atoms with Crippen LogP contribution in [-0.2, 0) is 0 Å². The molecule has 0 radical (unpaired) electrons. The van der Waals surface area contributed by atoms with Crippen LogP contribution in [0.2, 0.25) is 0 Å². The van der Waals surface area contributed by atoms with E-state index in [1.807, 2.05) is 38.1 Å². The molecule has 23 heavy (non-hydrogen) atoms. The molecule has 2 aromatic carbocycles. The quantitative estimate of drug-likeness (QED) is 0.787. The van der Waals surface area contributed by atoms with Gasteiger partial charge in [-0.05, 0) is 44.5 Å². The summed E-state index contributed by atoms with van der Waals surface area (Å²) in [6, 6.07) is 12.7. The van der Waals surface area contributed by atoms with Crippen LogP contribution in [0.15, 0.2) is 36.4 Å². The van der Waals surface area contributed by atoms with Crippen molar-refractivity contribution in [3.8, 4) is 17.6 Å². The molecule has 0 saturated carbocycles. The summed E-state index contributed by atoms with van der Waals surface area (Å²) in [7, 11) is 1.50. The number of nitriles is 1. The molecule has 0 saturated heterocycles. The molecular weight excluding hydrogens is 290 g/mol. The number of nitrogens with zero attached hydrogens (tertiary/aromatic N) is 1. The molecule has 2 rings (SSSR count). The fourth-order valence-electron chi connectivity index (χ4n) is 2.30. The van der Waals surface area contributed by atoms with Crippen molar-refractivity contribution in [1.29, 1.82) is 5.26 Å². The van der Waals surface area contributed by atoms with Gasteiger partial charge in [-0.3, -0.25) is 4.79 Å². The van der Waals surface area contributed by atoms with Crippen LogP contribution in [0.5, 0.6) is 11.5 Å². The number of rotatable bonds is 5. The first-order valence-electron chi connectivity index (χ1n) is 7.32. The van der Waals surface area contributed by atoms with Crippen LogP contribution in [-0.4, -0.2) is 19.0 Å². The van der Waals surface area contributed by atoms with Crippen molar-refractivity contribution >= 4 is 5.78 Å². The van der Waals surface area contributed by atoms with E-state index in [9.17, 15) is 4.79 Å². The highest BCUT2D eigenvalue weighted by Gasteiger charge is 2.20. The molecule has 0 aliphatic heterocycles. The van der Waals surface area contributed by atoms with Crippen LogP contribution >= 0.6 is 0 Å². The van der Waals surface area contributed by atoms with Gasteiger partial charge in [0.15, 0.2) is 17.6 Å². The van der Waals surface area contributed by atoms with Gasteiger partial charge < -0.3 is 9.47 Å². The van der Waals surface area contributed by atoms with Crippen LogP contribution in [0.4, 0.5) is 0 Å². The van der Waals surface area contributed by atoms with Gasteiger partial charge in [0.2, 0.25) is 5.78 Å². The van der Waals surface area contributed by atoms with Crippen LogP contribution < -0.4 is 9.47 Å². The van der Waals surface area contributed by atoms with Gasteiger partial charge >= 0.3 is 0 Å². The first-order valence-corrected chi connectivity index (χ1v) is 7.32. The Morgan fingerprint density at radius 2 is 1.87 bits per heavy atom. The summed E-state index contributed by atoms with van der Waals surface area (Å²) in [5, 5.41) is 8.92. The Bertz CT molecular complexity index is 775. The van der Waals surface area contributed by atoms with Gasteiger partial charge in [-0.25, -0.2) is 0 Å². The Morgan fingerprint density at radius 3 is 2.52 bits per heavy atom. The van der Waals surface area contributed by atoms with E-state index in [1.165, 1.54) is 7.11 Å². The number of hydrogen-bond acceptors (Lipinski definition) is 4. The highest BCUT2D eigenvalue weighted by molar-refractivity contribution is 6.00. The minimum atomic E-state index is -0.655. The van der Waals surface area contributed by atoms with Crippen molar-refractivity contribution in [1.82, 2.24) is 0 Å². The third-order valence-corrected chi connectivity index (χ3v) is 3.62. The standard InChI is InChI=1S/C19H19NO3/c1-12-5-6-13(2)16(9-12)19(21)14(3)23-17-8-7-15(11-20)10-18(17)22-4/h5-10,14H,1-4H3/t14-/m1/s1. The molecule has 4 nitrogen and oxygen atoms in total. The van der Waals surface area contributed by atoms with Crippen LogP contribution in [0.3, 0.4) is 0 Å². The summed E-state index contributed by atoms with van der Waals surface area (Å²) < 4.78 is 11.0. The zero-order valence-electron chi connectivity index (χ0n) is 13.7. The first-order chi connectivity index (χ1) is 11.0. The van der Waals surface area contributed by atoms with Crippen molar-refractivity contribution in [2.45, 2.75) is 26.9 Å². The van der Waals surface area contributed by atoms with E-state index >= 15 is 0 Å². The van der Waals surface area contributed by atoms with Crippen LogP contribution in [0.1, 0.15) is 34.0 Å². The molecule has 0 unspecified atom stereocenters. The number of aryl methyl sites for hydroxylation is 2. The van der Waals surface area contributed by atoms with E-state index in [2.05, 4.69) is 0 Å². The highest BCUT2D eigenvalue weighted by Crippen LogP contribution is 2.29. The molecule has 0 aliphatic rings. The van der Waals surface area contributed by atoms with Crippen LogP contribution in [0, 0.1) is 25.2 Å².